The van der Waals surface area contributed by atoms with Gasteiger partial charge >= 0.3 is 5.97 Å². The Morgan fingerprint density at radius 3 is 2.67 bits per heavy atom. The van der Waals surface area contributed by atoms with Crippen LogP contribution in [0.25, 0.3) is 11.3 Å². The fourth-order valence-corrected chi connectivity index (χ4v) is 3.26. The predicted molar refractivity (Wildman–Crippen MR) is 106 cm³/mol. The lowest BCUT2D eigenvalue weighted by Crippen LogP contribution is -2.21. The highest BCUT2D eigenvalue weighted by atomic mass is 35.5. The van der Waals surface area contributed by atoms with Crippen LogP contribution in [0.3, 0.4) is 0 Å². The summed E-state index contributed by atoms with van der Waals surface area (Å²) in [4.78, 5) is 31.9. The van der Waals surface area contributed by atoms with Gasteiger partial charge in [-0.05, 0) is 12.1 Å². The standard InChI is InChI=1S/C17H10Cl3N3O3S/c18-11-4-2-1-3-10(11)13-8-27-17(22-13)23-14(24)7-26-16(25)9-5-12(19)15(20)21-6-9/h1-6,8H,7H2,(H,22,23,24). The first kappa shape index (κ1) is 19.6. The molecule has 6 nitrogen and oxygen atoms in total. The molecule has 0 atom stereocenters. The minimum absolute atomic E-state index is 0.0732. The number of halogens is 3. The highest BCUT2D eigenvalue weighted by Crippen LogP contribution is 2.30. The summed E-state index contributed by atoms with van der Waals surface area (Å²) in [5.41, 5.74) is 1.49. The van der Waals surface area contributed by atoms with Gasteiger partial charge in [-0.15, -0.1) is 11.3 Å². The van der Waals surface area contributed by atoms with Gasteiger partial charge in [0, 0.05) is 22.2 Å². The van der Waals surface area contributed by atoms with Crippen molar-refractivity contribution in [1.29, 1.82) is 0 Å². The maximum absolute atomic E-state index is 12.0. The van der Waals surface area contributed by atoms with Gasteiger partial charge in [0.2, 0.25) is 0 Å². The summed E-state index contributed by atoms with van der Waals surface area (Å²) in [5.74, 6) is -1.27. The zero-order valence-corrected chi connectivity index (χ0v) is 16.5. The molecule has 0 bridgehead atoms. The minimum Gasteiger partial charge on any atom is -0.452 e. The molecule has 1 aromatic carbocycles. The van der Waals surface area contributed by atoms with Crippen LogP contribution in [0.2, 0.25) is 15.2 Å². The maximum Gasteiger partial charge on any atom is 0.340 e. The minimum atomic E-state index is -0.743. The number of nitrogens with zero attached hydrogens (tertiary/aromatic N) is 2. The van der Waals surface area contributed by atoms with Crippen LogP contribution in [0.4, 0.5) is 5.13 Å². The smallest absolute Gasteiger partial charge is 0.340 e. The van der Waals surface area contributed by atoms with Crippen LogP contribution in [-0.2, 0) is 9.53 Å². The molecule has 3 rings (SSSR count). The van der Waals surface area contributed by atoms with Crippen molar-refractivity contribution in [1.82, 2.24) is 9.97 Å². The lowest BCUT2D eigenvalue weighted by Gasteiger charge is -2.05. The first-order valence-corrected chi connectivity index (χ1v) is 9.44. The Morgan fingerprint density at radius 1 is 1.15 bits per heavy atom. The van der Waals surface area contributed by atoms with Gasteiger partial charge < -0.3 is 4.74 Å². The first-order valence-electron chi connectivity index (χ1n) is 7.42. The lowest BCUT2D eigenvalue weighted by atomic mass is 10.2. The van der Waals surface area contributed by atoms with E-state index < -0.39 is 18.5 Å². The van der Waals surface area contributed by atoms with E-state index in [4.69, 9.17) is 39.5 Å². The number of pyridine rings is 1. The number of benzene rings is 1. The third-order valence-corrected chi connectivity index (χ3v) is 5.04. The van der Waals surface area contributed by atoms with Crippen LogP contribution in [0, 0.1) is 0 Å². The molecule has 0 fully saturated rings. The second-order valence-corrected chi connectivity index (χ2v) is 7.17. The van der Waals surface area contributed by atoms with E-state index in [9.17, 15) is 9.59 Å². The average molecular weight is 443 g/mol. The van der Waals surface area contributed by atoms with Crippen molar-refractivity contribution in [3.63, 3.8) is 0 Å². The molecule has 0 saturated heterocycles. The first-order chi connectivity index (χ1) is 12.9. The molecule has 0 saturated carbocycles. The van der Waals surface area contributed by atoms with Crippen molar-refractivity contribution >= 4 is 63.1 Å². The van der Waals surface area contributed by atoms with Crippen molar-refractivity contribution in [2.75, 3.05) is 11.9 Å². The molecular formula is C17H10Cl3N3O3S. The Labute approximate surface area is 173 Å². The number of hydrogen-bond donors (Lipinski definition) is 1. The highest BCUT2D eigenvalue weighted by Gasteiger charge is 2.14. The van der Waals surface area contributed by atoms with Gasteiger partial charge in [0.1, 0.15) is 5.15 Å². The number of anilines is 1. The number of carbonyl (C=O) groups excluding carboxylic acids is 2. The van der Waals surface area contributed by atoms with E-state index >= 15 is 0 Å². The van der Waals surface area contributed by atoms with Gasteiger partial charge in [-0.3, -0.25) is 10.1 Å². The summed E-state index contributed by atoms with van der Waals surface area (Å²) in [5, 5.41) is 5.44. The van der Waals surface area contributed by atoms with Gasteiger partial charge in [0.05, 0.1) is 16.3 Å². The van der Waals surface area contributed by atoms with Crippen molar-refractivity contribution in [2.45, 2.75) is 0 Å². The number of thiazole rings is 1. The van der Waals surface area contributed by atoms with Gasteiger partial charge in [-0.2, -0.15) is 0 Å². The molecule has 1 N–H and O–H groups in total. The SMILES string of the molecule is O=C(COC(=O)c1cnc(Cl)c(Cl)c1)Nc1nc(-c2ccccc2Cl)cs1. The molecule has 3 aromatic rings. The van der Waals surface area contributed by atoms with E-state index in [1.807, 2.05) is 18.2 Å². The summed E-state index contributed by atoms with van der Waals surface area (Å²) < 4.78 is 4.93. The maximum atomic E-state index is 12.0. The Morgan fingerprint density at radius 2 is 1.93 bits per heavy atom. The van der Waals surface area contributed by atoms with Crippen molar-refractivity contribution < 1.29 is 14.3 Å². The zero-order valence-electron chi connectivity index (χ0n) is 13.4. The molecule has 0 aliphatic carbocycles. The number of ether oxygens (including phenoxy) is 1. The van der Waals surface area contributed by atoms with Crippen LogP contribution in [0.15, 0.2) is 41.9 Å². The lowest BCUT2D eigenvalue weighted by molar-refractivity contribution is -0.119. The van der Waals surface area contributed by atoms with Gasteiger partial charge in [-0.25, -0.2) is 14.8 Å². The van der Waals surface area contributed by atoms with E-state index in [0.29, 0.717) is 15.8 Å². The molecule has 0 unspecified atom stereocenters. The van der Waals surface area contributed by atoms with E-state index in [0.717, 1.165) is 5.56 Å². The Hall–Kier alpha value is -2.19. The van der Waals surface area contributed by atoms with Crippen LogP contribution >= 0.6 is 46.1 Å². The Kier molecular flexibility index (Phi) is 6.28. The molecule has 0 radical (unpaired) electrons. The third kappa shape index (κ3) is 4.95. The van der Waals surface area contributed by atoms with E-state index in [1.54, 1.807) is 11.4 Å². The molecule has 2 heterocycles. The number of rotatable bonds is 5. The number of aromatic nitrogens is 2. The monoisotopic (exact) mass is 441 g/mol. The van der Waals surface area contributed by atoms with Gasteiger partial charge in [0.15, 0.2) is 11.7 Å². The summed E-state index contributed by atoms with van der Waals surface area (Å²) in [6.07, 6.45) is 1.21. The topological polar surface area (TPSA) is 81.2 Å². The molecule has 10 heteroatoms. The van der Waals surface area contributed by atoms with Crippen LogP contribution in [0.1, 0.15) is 10.4 Å². The van der Waals surface area contributed by atoms with Gasteiger partial charge in [-0.1, -0.05) is 53.0 Å². The fraction of sp³-hybridized carbons (Fsp3) is 0.0588. The quantitative estimate of drug-likeness (QED) is 0.446. The van der Waals surface area contributed by atoms with Crippen molar-refractivity contribution in [3.8, 4) is 11.3 Å². The largest absolute Gasteiger partial charge is 0.452 e. The number of nitrogens with one attached hydrogen (secondary N) is 1. The molecular weight excluding hydrogens is 433 g/mol. The zero-order chi connectivity index (χ0) is 19.4. The predicted octanol–water partition coefficient (Wildman–Crippen LogP) is 4.96. The normalized spacial score (nSPS) is 10.5. The molecule has 27 heavy (non-hydrogen) atoms. The molecule has 138 valence electrons. The van der Waals surface area contributed by atoms with Crippen molar-refractivity contribution in [3.05, 3.63) is 62.7 Å². The highest BCUT2D eigenvalue weighted by molar-refractivity contribution is 7.14. The van der Waals surface area contributed by atoms with Crippen LogP contribution in [0.5, 0.6) is 0 Å². The third-order valence-electron chi connectivity index (χ3n) is 3.27. The van der Waals surface area contributed by atoms with Crippen molar-refractivity contribution in [2.24, 2.45) is 0 Å². The van der Waals surface area contributed by atoms with E-state index in [-0.39, 0.29) is 15.7 Å². The number of carbonyl (C=O) groups is 2. The number of esters is 1. The summed E-state index contributed by atoms with van der Waals surface area (Å²) in [6.45, 7) is -0.486. The number of hydrogen-bond acceptors (Lipinski definition) is 6. The summed E-state index contributed by atoms with van der Waals surface area (Å²) in [7, 11) is 0. The van der Waals surface area contributed by atoms with E-state index in [1.165, 1.54) is 23.6 Å². The fourth-order valence-electron chi connectivity index (χ4n) is 2.03. The van der Waals surface area contributed by atoms with E-state index in [2.05, 4.69) is 15.3 Å². The summed E-state index contributed by atoms with van der Waals surface area (Å²) in [6, 6.07) is 8.56. The van der Waals surface area contributed by atoms with Gasteiger partial charge in [0.25, 0.3) is 5.91 Å². The molecule has 0 spiro atoms. The Balaban J connectivity index is 1.57. The average Bonchev–Trinajstić information content (AvgIpc) is 3.10. The Bertz CT molecular complexity index is 1010. The molecule has 1 amide bonds. The number of amides is 1. The summed E-state index contributed by atoms with van der Waals surface area (Å²) >= 11 is 18.8. The molecule has 0 aliphatic rings. The van der Waals surface area contributed by atoms with Crippen LogP contribution < -0.4 is 5.32 Å². The molecule has 2 aromatic heterocycles. The molecule has 0 aliphatic heterocycles. The second-order valence-electron chi connectivity index (χ2n) is 5.14. The second kappa shape index (κ2) is 8.67. The van der Waals surface area contributed by atoms with Crippen LogP contribution in [-0.4, -0.2) is 28.5 Å².